The molecule has 122 valence electrons. The van der Waals surface area contributed by atoms with Gasteiger partial charge in [-0.2, -0.15) is 0 Å². The summed E-state index contributed by atoms with van der Waals surface area (Å²) >= 11 is 4.38. The van der Waals surface area contributed by atoms with Crippen LogP contribution in [0.2, 0.25) is 0 Å². The first-order valence-corrected chi connectivity index (χ1v) is 8.75. The van der Waals surface area contributed by atoms with Crippen LogP contribution in [0.25, 0.3) is 21.7 Å². The van der Waals surface area contributed by atoms with Gasteiger partial charge in [0.15, 0.2) is 0 Å². The Morgan fingerprint density at radius 3 is 2.38 bits per heavy atom. The van der Waals surface area contributed by atoms with Crippen molar-refractivity contribution in [2.75, 3.05) is 0 Å². The third-order valence-electron chi connectivity index (χ3n) is 3.60. The Kier molecular flexibility index (Phi) is 4.51. The summed E-state index contributed by atoms with van der Waals surface area (Å²) in [6.07, 6.45) is 0. The van der Waals surface area contributed by atoms with Crippen molar-refractivity contribution in [2.45, 2.75) is 13.8 Å². The van der Waals surface area contributed by atoms with E-state index < -0.39 is 0 Å². The molecular weight excluding hydrogens is 393 g/mol. The van der Waals surface area contributed by atoms with Crippen molar-refractivity contribution < 1.29 is 9.50 Å². The minimum Gasteiger partial charge on any atom is -0.493 e. The van der Waals surface area contributed by atoms with Crippen LogP contribution in [-0.4, -0.2) is 10.1 Å². The van der Waals surface area contributed by atoms with E-state index in [9.17, 15) is 14.3 Å². The summed E-state index contributed by atoms with van der Waals surface area (Å²) in [5, 5.41) is 10.7. The molecule has 0 fully saturated rings. The lowest BCUT2D eigenvalue weighted by Crippen LogP contribution is -2.04. The molecular formula is C18H13BrFNO2S. The Bertz CT molecular complexity index is 960. The summed E-state index contributed by atoms with van der Waals surface area (Å²) in [7, 11) is 0. The maximum absolute atomic E-state index is 13.0. The van der Waals surface area contributed by atoms with E-state index in [0.717, 1.165) is 26.9 Å². The molecule has 0 radical (unpaired) electrons. The van der Waals surface area contributed by atoms with Crippen molar-refractivity contribution in [3.05, 3.63) is 67.4 Å². The zero-order chi connectivity index (χ0) is 17.4. The van der Waals surface area contributed by atoms with Gasteiger partial charge in [0.2, 0.25) is 10.6 Å². The number of nitrogens with zero attached hydrogens (tertiary/aromatic N) is 1. The van der Waals surface area contributed by atoms with Crippen LogP contribution in [0.1, 0.15) is 11.1 Å². The van der Waals surface area contributed by atoms with Crippen molar-refractivity contribution in [2.24, 2.45) is 0 Å². The molecule has 0 spiro atoms. The van der Waals surface area contributed by atoms with Gasteiger partial charge < -0.3 is 5.11 Å². The smallest absolute Gasteiger partial charge is 0.247 e. The number of rotatable bonds is 2. The van der Waals surface area contributed by atoms with Crippen LogP contribution in [0.4, 0.5) is 4.39 Å². The van der Waals surface area contributed by atoms with E-state index in [0.29, 0.717) is 16.1 Å². The molecule has 1 heterocycles. The first-order valence-electron chi connectivity index (χ1n) is 7.14. The molecule has 0 atom stereocenters. The summed E-state index contributed by atoms with van der Waals surface area (Å²) in [6, 6.07) is 9.47. The highest BCUT2D eigenvalue weighted by Crippen LogP contribution is 2.36. The molecule has 0 aliphatic carbocycles. The second-order valence-electron chi connectivity index (χ2n) is 5.45. The van der Waals surface area contributed by atoms with Gasteiger partial charge in [-0.1, -0.05) is 33.3 Å². The monoisotopic (exact) mass is 405 g/mol. The minimum absolute atomic E-state index is 0.176. The zero-order valence-electron chi connectivity index (χ0n) is 12.9. The SMILES string of the molecule is Cc1cc(C)c(-c2c(O)nc(-c3ccc(F)cc3)sc2=O)c(Br)c1. The van der Waals surface area contributed by atoms with Crippen molar-refractivity contribution in [1.29, 1.82) is 0 Å². The molecule has 3 nitrogen and oxygen atoms in total. The molecule has 6 heteroatoms. The molecule has 0 unspecified atom stereocenters. The Morgan fingerprint density at radius 1 is 1.12 bits per heavy atom. The Hall–Kier alpha value is -2.05. The Balaban J connectivity index is 2.19. The fourth-order valence-corrected chi connectivity index (χ4v) is 4.30. The lowest BCUT2D eigenvalue weighted by Gasteiger charge is -2.11. The highest BCUT2D eigenvalue weighted by atomic mass is 79.9. The summed E-state index contributed by atoms with van der Waals surface area (Å²) < 4.78 is 13.5. The predicted molar refractivity (Wildman–Crippen MR) is 98.1 cm³/mol. The third kappa shape index (κ3) is 3.12. The molecule has 0 saturated carbocycles. The minimum atomic E-state index is -0.369. The number of hydrogen-bond acceptors (Lipinski definition) is 4. The van der Waals surface area contributed by atoms with Crippen LogP contribution in [-0.2, 0) is 0 Å². The number of halogens is 2. The van der Waals surface area contributed by atoms with Crippen LogP contribution in [0.5, 0.6) is 5.88 Å². The number of benzene rings is 2. The average molecular weight is 406 g/mol. The molecule has 2 aromatic carbocycles. The highest BCUT2D eigenvalue weighted by molar-refractivity contribution is 9.10. The number of aromatic hydroxyl groups is 1. The topological polar surface area (TPSA) is 50.2 Å². The number of aryl methyl sites for hydroxylation is 2. The summed E-state index contributed by atoms with van der Waals surface area (Å²) in [5.41, 5.74) is 3.32. The van der Waals surface area contributed by atoms with Crippen LogP contribution in [0.3, 0.4) is 0 Å². The van der Waals surface area contributed by atoms with E-state index >= 15 is 0 Å². The number of hydrogen-bond donors (Lipinski definition) is 1. The quantitative estimate of drug-likeness (QED) is 0.647. The average Bonchev–Trinajstić information content (AvgIpc) is 2.49. The molecule has 0 aliphatic heterocycles. The fourth-order valence-electron chi connectivity index (χ4n) is 2.57. The van der Waals surface area contributed by atoms with E-state index in [-0.39, 0.29) is 22.0 Å². The van der Waals surface area contributed by atoms with E-state index in [1.54, 1.807) is 0 Å². The van der Waals surface area contributed by atoms with E-state index in [4.69, 9.17) is 0 Å². The molecule has 3 aromatic rings. The number of aromatic nitrogens is 1. The first kappa shape index (κ1) is 16.8. The molecule has 0 amide bonds. The summed E-state index contributed by atoms with van der Waals surface area (Å²) in [4.78, 5) is 16.8. The lowest BCUT2D eigenvalue weighted by molar-refractivity contribution is 0.457. The fraction of sp³-hybridized carbons (Fsp3) is 0.111. The molecule has 24 heavy (non-hydrogen) atoms. The maximum Gasteiger partial charge on any atom is 0.247 e. The molecule has 3 rings (SSSR count). The summed E-state index contributed by atoms with van der Waals surface area (Å²) in [5.74, 6) is -0.697. The van der Waals surface area contributed by atoms with Crippen molar-refractivity contribution >= 4 is 27.3 Å². The van der Waals surface area contributed by atoms with E-state index in [1.807, 2.05) is 26.0 Å². The normalized spacial score (nSPS) is 10.8. The Morgan fingerprint density at radius 2 is 1.79 bits per heavy atom. The van der Waals surface area contributed by atoms with Gasteiger partial charge in [-0.25, -0.2) is 9.37 Å². The second-order valence-corrected chi connectivity index (χ2v) is 7.27. The Labute approximate surface area is 150 Å². The molecule has 0 bridgehead atoms. The third-order valence-corrected chi connectivity index (χ3v) is 5.13. The predicted octanol–water partition coefficient (Wildman–Crippen LogP) is 5.06. The van der Waals surface area contributed by atoms with E-state index in [1.165, 1.54) is 24.3 Å². The van der Waals surface area contributed by atoms with Crippen molar-refractivity contribution in [3.63, 3.8) is 0 Å². The van der Waals surface area contributed by atoms with Crippen LogP contribution in [0, 0.1) is 19.7 Å². The first-order chi connectivity index (χ1) is 11.4. The van der Waals surface area contributed by atoms with Gasteiger partial charge in [0, 0.05) is 15.6 Å². The van der Waals surface area contributed by atoms with Gasteiger partial charge in [-0.15, -0.1) is 0 Å². The van der Waals surface area contributed by atoms with Crippen molar-refractivity contribution in [1.82, 2.24) is 4.98 Å². The highest BCUT2D eigenvalue weighted by Gasteiger charge is 2.19. The van der Waals surface area contributed by atoms with Crippen LogP contribution < -0.4 is 4.74 Å². The van der Waals surface area contributed by atoms with Gasteiger partial charge in [0.1, 0.15) is 16.4 Å². The maximum atomic E-state index is 13.0. The van der Waals surface area contributed by atoms with Crippen LogP contribution in [0.15, 0.2) is 45.7 Å². The van der Waals surface area contributed by atoms with Crippen molar-refractivity contribution in [3.8, 4) is 27.6 Å². The standard InChI is InChI=1S/C18H13BrFNO2S/c1-9-7-10(2)14(13(19)8-9)15-16(22)21-17(24-18(15)23)11-3-5-12(20)6-4-11/h3-8,22H,1-2H3. The molecule has 0 aliphatic rings. The molecule has 1 N–H and O–H groups in total. The lowest BCUT2D eigenvalue weighted by atomic mass is 10.0. The van der Waals surface area contributed by atoms with Gasteiger partial charge in [0.25, 0.3) is 0 Å². The molecule has 0 saturated heterocycles. The van der Waals surface area contributed by atoms with Gasteiger partial charge in [-0.05, 0) is 55.3 Å². The van der Waals surface area contributed by atoms with Gasteiger partial charge in [0.05, 0.1) is 0 Å². The van der Waals surface area contributed by atoms with Gasteiger partial charge >= 0.3 is 0 Å². The molecule has 1 aromatic heterocycles. The second kappa shape index (κ2) is 6.45. The largest absolute Gasteiger partial charge is 0.493 e. The van der Waals surface area contributed by atoms with Gasteiger partial charge in [-0.3, -0.25) is 4.79 Å². The summed E-state index contributed by atoms with van der Waals surface area (Å²) in [6.45, 7) is 3.84. The van der Waals surface area contributed by atoms with E-state index in [2.05, 4.69) is 20.9 Å². The zero-order valence-corrected chi connectivity index (χ0v) is 15.3. The van der Waals surface area contributed by atoms with Crippen LogP contribution >= 0.6 is 27.3 Å².